The molecule has 0 aliphatic carbocycles. The van der Waals surface area contributed by atoms with Crippen molar-refractivity contribution in [3.8, 4) is 0 Å². The predicted molar refractivity (Wildman–Crippen MR) is 119 cm³/mol. The van der Waals surface area contributed by atoms with E-state index in [2.05, 4.69) is 15.3 Å². The standard InChI is InChI=1S/C23H28F3N5O4/c1-12(14-4-3-5-15(17(14)24)20(25)26)28-22-16(23-34-10-11-35-23)18(29-13(2)30-22)19(21(27)32)31-6-8-33-9-7-31/h3-5,12,19-20,23H,6-11H2,1-2H3,(H2,27,32)(H,28,29,30). The number of nitrogens with zero attached hydrogens (tertiary/aromatic N) is 3. The number of nitrogens with one attached hydrogen (secondary N) is 1. The molecule has 2 aliphatic heterocycles. The molecule has 2 unspecified atom stereocenters. The molecule has 0 radical (unpaired) electrons. The van der Waals surface area contributed by atoms with Crippen molar-refractivity contribution in [3.63, 3.8) is 0 Å². The molecular weight excluding hydrogens is 467 g/mol. The van der Waals surface area contributed by atoms with Gasteiger partial charge >= 0.3 is 0 Å². The second-order valence-corrected chi connectivity index (χ2v) is 8.36. The molecule has 1 amide bonds. The molecule has 2 aromatic rings. The van der Waals surface area contributed by atoms with E-state index in [0.29, 0.717) is 56.6 Å². The summed E-state index contributed by atoms with van der Waals surface area (Å²) >= 11 is 0. The predicted octanol–water partition coefficient (Wildman–Crippen LogP) is 2.94. The van der Waals surface area contributed by atoms with Gasteiger partial charge in [0.2, 0.25) is 5.91 Å². The van der Waals surface area contributed by atoms with Crippen LogP contribution >= 0.6 is 0 Å². The van der Waals surface area contributed by atoms with Gasteiger partial charge in [-0.05, 0) is 13.8 Å². The zero-order chi connectivity index (χ0) is 25.1. The van der Waals surface area contributed by atoms with Crippen molar-refractivity contribution >= 4 is 11.7 Å². The molecule has 2 saturated heterocycles. The molecule has 2 fully saturated rings. The maximum atomic E-state index is 14.8. The number of alkyl halides is 2. The molecule has 1 aromatic carbocycles. The number of aryl methyl sites for hydroxylation is 1. The first-order valence-corrected chi connectivity index (χ1v) is 11.3. The number of anilines is 1. The highest BCUT2D eigenvalue weighted by Gasteiger charge is 2.37. The average Bonchev–Trinajstić information content (AvgIpc) is 3.34. The van der Waals surface area contributed by atoms with E-state index in [4.69, 9.17) is 19.9 Å². The molecule has 3 heterocycles. The van der Waals surface area contributed by atoms with Gasteiger partial charge in [0, 0.05) is 18.7 Å². The number of carbonyl (C=O) groups is 1. The Morgan fingerprint density at radius 1 is 1.14 bits per heavy atom. The number of hydrogen-bond donors (Lipinski definition) is 2. The van der Waals surface area contributed by atoms with Gasteiger partial charge in [-0.1, -0.05) is 18.2 Å². The van der Waals surface area contributed by atoms with Crippen LogP contribution in [0.2, 0.25) is 0 Å². The van der Waals surface area contributed by atoms with Crippen molar-refractivity contribution in [3.05, 3.63) is 52.2 Å². The summed E-state index contributed by atoms with van der Waals surface area (Å²) in [6, 6.07) is 2.19. The van der Waals surface area contributed by atoms with Gasteiger partial charge in [0.15, 0.2) is 6.29 Å². The summed E-state index contributed by atoms with van der Waals surface area (Å²) in [6.45, 7) is 5.70. The molecular formula is C23H28F3N5O4. The molecule has 9 nitrogen and oxygen atoms in total. The molecule has 0 spiro atoms. The summed E-state index contributed by atoms with van der Waals surface area (Å²) in [5.74, 6) is -1.03. The van der Waals surface area contributed by atoms with E-state index < -0.39 is 42.1 Å². The van der Waals surface area contributed by atoms with Crippen LogP contribution in [0.5, 0.6) is 0 Å². The fraction of sp³-hybridized carbons (Fsp3) is 0.522. The number of morpholine rings is 1. The van der Waals surface area contributed by atoms with Crippen LogP contribution in [0.4, 0.5) is 19.0 Å². The fourth-order valence-electron chi connectivity index (χ4n) is 4.36. The number of nitrogens with two attached hydrogens (primary N) is 1. The van der Waals surface area contributed by atoms with Crippen LogP contribution < -0.4 is 11.1 Å². The van der Waals surface area contributed by atoms with Gasteiger partial charge in [-0.25, -0.2) is 23.1 Å². The van der Waals surface area contributed by atoms with Crippen LogP contribution in [0.3, 0.4) is 0 Å². The first kappa shape index (κ1) is 25.3. The highest BCUT2D eigenvalue weighted by Crippen LogP contribution is 2.37. The minimum atomic E-state index is -2.95. The van der Waals surface area contributed by atoms with Gasteiger partial charge in [0.1, 0.15) is 23.5 Å². The molecule has 12 heteroatoms. The molecule has 0 saturated carbocycles. The third kappa shape index (κ3) is 5.40. The third-order valence-corrected chi connectivity index (χ3v) is 6.00. The smallest absolute Gasteiger partial charge is 0.266 e. The summed E-state index contributed by atoms with van der Waals surface area (Å²) in [5, 5.41) is 3.10. The number of ether oxygens (including phenoxy) is 3. The Kier molecular flexibility index (Phi) is 7.85. The summed E-state index contributed by atoms with van der Waals surface area (Å²) < 4.78 is 58.2. The quantitative estimate of drug-likeness (QED) is 0.575. The van der Waals surface area contributed by atoms with Crippen molar-refractivity contribution in [2.75, 3.05) is 44.8 Å². The number of aromatic nitrogens is 2. The van der Waals surface area contributed by atoms with Crippen LogP contribution in [0.1, 0.15) is 59.9 Å². The fourth-order valence-corrected chi connectivity index (χ4v) is 4.36. The minimum absolute atomic E-state index is 0.0412. The number of amides is 1. The van der Waals surface area contributed by atoms with E-state index in [0.717, 1.165) is 6.07 Å². The zero-order valence-electron chi connectivity index (χ0n) is 19.5. The van der Waals surface area contributed by atoms with Crippen LogP contribution in [0, 0.1) is 12.7 Å². The lowest BCUT2D eigenvalue weighted by atomic mass is 10.0. The Morgan fingerprint density at radius 2 is 1.80 bits per heavy atom. The Morgan fingerprint density at radius 3 is 2.43 bits per heavy atom. The van der Waals surface area contributed by atoms with Gasteiger partial charge in [-0.15, -0.1) is 0 Å². The Balaban J connectivity index is 1.78. The van der Waals surface area contributed by atoms with Gasteiger partial charge in [-0.3, -0.25) is 9.69 Å². The lowest BCUT2D eigenvalue weighted by Crippen LogP contribution is -2.45. The molecule has 35 heavy (non-hydrogen) atoms. The number of hydrogen-bond acceptors (Lipinski definition) is 8. The van der Waals surface area contributed by atoms with Crippen LogP contribution in [0.15, 0.2) is 18.2 Å². The summed E-state index contributed by atoms with van der Waals surface area (Å²) in [7, 11) is 0. The first-order chi connectivity index (χ1) is 16.8. The van der Waals surface area contributed by atoms with Gasteiger partial charge in [0.05, 0.1) is 49.3 Å². The monoisotopic (exact) mass is 495 g/mol. The lowest BCUT2D eigenvalue weighted by molar-refractivity contribution is -0.125. The lowest BCUT2D eigenvalue weighted by Gasteiger charge is -2.34. The SMILES string of the molecule is Cc1nc(NC(C)c2cccc(C(F)F)c2F)c(C2OCCO2)c(C(C(N)=O)N2CCOCC2)n1. The second-order valence-electron chi connectivity index (χ2n) is 8.36. The topological polar surface area (TPSA) is 112 Å². The summed E-state index contributed by atoms with van der Waals surface area (Å²) in [5.41, 5.74) is 5.86. The number of halogens is 3. The summed E-state index contributed by atoms with van der Waals surface area (Å²) in [6.07, 6.45) is -3.84. The normalized spacial score (nSPS) is 19.1. The first-order valence-electron chi connectivity index (χ1n) is 11.3. The van der Waals surface area contributed by atoms with Gasteiger partial charge in [-0.2, -0.15) is 0 Å². The largest absolute Gasteiger partial charge is 0.379 e. The molecule has 0 bridgehead atoms. The summed E-state index contributed by atoms with van der Waals surface area (Å²) in [4.78, 5) is 23.5. The molecule has 1 aromatic heterocycles. The van der Waals surface area contributed by atoms with Gasteiger partial charge in [0.25, 0.3) is 6.43 Å². The third-order valence-electron chi connectivity index (χ3n) is 6.00. The number of rotatable bonds is 8. The Hall–Kier alpha value is -2.80. The number of carbonyl (C=O) groups excluding carboxylic acids is 1. The van der Waals surface area contributed by atoms with Crippen LogP contribution in [-0.4, -0.2) is 60.3 Å². The highest BCUT2D eigenvalue weighted by atomic mass is 19.3. The van der Waals surface area contributed by atoms with E-state index in [9.17, 15) is 18.0 Å². The van der Waals surface area contributed by atoms with Gasteiger partial charge < -0.3 is 25.3 Å². The van der Waals surface area contributed by atoms with Crippen molar-refractivity contribution in [2.45, 2.75) is 38.6 Å². The highest BCUT2D eigenvalue weighted by molar-refractivity contribution is 5.82. The molecule has 2 atom stereocenters. The Bertz CT molecular complexity index is 1060. The van der Waals surface area contributed by atoms with E-state index in [-0.39, 0.29) is 11.4 Å². The zero-order valence-corrected chi connectivity index (χ0v) is 19.5. The van der Waals surface area contributed by atoms with Crippen LogP contribution in [0.25, 0.3) is 0 Å². The average molecular weight is 496 g/mol. The van der Waals surface area contributed by atoms with Crippen molar-refractivity contribution in [2.24, 2.45) is 5.73 Å². The van der Waals surface area contributed by atoms with Crippen LogP contribution in [-0.2, 0) is 19.0 Å². The van der Waals surface area contributed by atoms with Crippen molar-refractivity contribution < 1.29 is 32.2 Å². The number of primary amides is 1. The van der Waals surface area contributed by atoms with E-state index in [1.165, 1.54) is 12.1 Å². The van der Waals surface area contributed by atoms with E-state index in [1.807, 2.05) is 4.90 Å². The second kappa shape index (κ2) is 10.9. The van der Waals surface area contributed by atoms with Crippen molar-refractivity contribution in [1.29, 1.82) is 0 Å². The Labute approximate surface area is 200 Å². The number of benzene rings is 1. The molecule has 4 rings (SSSR count). The maximum absolute atomic E-state index is 14.8. The minimum Gasteiger partial charge on any atom is -0.379 e. The van der Waals surface area contributed by atoms with E-state index >= 15 is 0 Å². The molecule has 2 aliphatic rings. The van der Waals surface area contributed by atoms with E-state index in [1.54, 1.807) is 13.8 Å². The molecule has 190 valence electrons. The van der Waals surface area contributed by atoms with Crippen molar-refractivity contribution in [1.82, 2.24) is 14.9 Å². The molecule has 3 N–H and O–H groups in total. The maximum Gasteiger partial charge on any atom is 0.266 e.